The molecule has 0 aliphatic carbocycles. The molecule has 0 saturated carbocycles. The highest BCUT2D eigenvalue weighted by atomic mass is 35.5. The number of nitrogens with one attached hydrogen (secondary N) is 2. The third-order valence-electron chi connectivity index (χ3n) is 4.09. The maximum absolute atomic E-state index is 13.4. The van der Waals surface area contributed by atoms with E-state index in [1.165, 1.54) is 13.2 Å². The average molecular weight is 457 g/mol. The van der Waals surface area contributed by atoms with Crippen molar-refractivity contribution in [2.24, 2.45) is 5.89 Å². The van der Waals surface area contributed by atoms with Crippen molar-refractivity contribution < 1.29 is 38.6 Å². The number of alkyl halides is 1. The van der Waals surface area contributed by atoms with Gasteiger partial charge in [-0.25, -0.2) is 0 Å². The molecule has 160 valence electrons. The van der Waals surface area contributed by atoms with Gasteiger partial charge >= 0.3 is 0 Å². The minimum Gasteiger partial charge on any atom is -0.388 e. The summed E-state index contributed by atoms with van der Waals surface area (Å²) < 4.78 is 87.9. The Hall–Kier alpha value is 0.200. The quantitative estimate of drug-likeness (QED) is 0.369. The fourth-order valence-corrected chi connectivity index (χ4v) is 3.52. The van der Waals surface area contributed by atoms with E-state index in [2.05, 4.69) is 5.32 Å². The highest BCUT2D eigenvalue weighted by Crippen LogP contribution is 2.30. The van der Waals surface area contributed by atoms with Gasteiger partial charge in [0.05, 0.1) is 18.8 Å². The Morgan fingerprint density at radius 3 is 2.70 bits per heavy atom. The monoisotopic (exact) mass is 456 g/mol. The summed E-state index contributed by atoms with van der Waals surface area (Å²) in [7, 11) is 0. The Balaban J connectivity index is 0.00000684. The van der Waals surface area contributed by atoms with Gasteiger partial charge in [-0.1, -0.05) is 13.3 Å². The molecule has 9 atom stereocenters. The first-order valence-electron chi connectivity index (χ1n) is 12.9. The largest absolute Gasteiger partial charge is 0.388 e. The topological polar surface area (TPSA) is 111 Å². The van der Waals surface area contributed by atoms with Crippen LogP contribution in [0.3, 0.4) is 0 Å². The van der Waals surface area contributed by atoms with Crippen LogP contribution in [0.2, 0.25) is 0 Å². The van der Waals surface area contributed by atoms with Crippen LogP contribution in [0.4, 0.5) is 0 Å². The number of amides is 1. The third-order valence-corrected chi connectivity index (χ3v) is 5.21. The van der Waals surface area contributed by atoms with E-state index in [0.717, 1.165) is 11.8 Å². The number of carbonyl (C=O) groups is 1. The molecule has 5 N–H and O–H groups in total. The molecule has 0 radical (unpaired) electrons. The van der Waals surface area contributed by atoms with Crippen molar-refractivity contribution in [3.63, 3.8) is 0 Å². The molecule has 0 aromatic rings. The SMILES string of the molecule is Cl.[2H]C1([2H])N[C@]([2H])(C(=O)N[C@@H]([C@H]2O[C@H](SC)C(O)C(O)[C@H]2O)[C@H](C)Cl)C([2H])([2H])[C@]([2H])(C([2H])([2H])C)C1([2H])[2H]. The van der Waals surface area contributed by atoms with Crippen LogP contribution in [0.25, 0.3) is 0 Å². The minimum atomic E-state index is -3.69. The number of hydrogen-bond acceptors (Lipinski definition) is 7. The third kappa shape index (κ3) is 6.09. The van der Waals surface area contributed by atoms with Crippen molar-refractivity contribution in [3.05, 3.63) is 0 Å². The van der Waals surface area contributed by atoms with Crippen molar-refractivity contribution >= 4 is 41.7 Å². The van der Waals surface area contributed by atoms with E-state index in [1.807, 2.05) is 0 Å². The van der Waals surface area contributed by atoms with E-state index in [0.29, 0.717) is 6.92 Å². The zero-order chi connectivity index (χ0) is 28.4. The molecular weight excluding hydrogens is 415 g/mol. The molecule has 0 bridgehead atoms. The highest BCUT2D eigenvalue weighted by Gasteiger charge is 2.48. The summed E-state index contributed by atoms with van der Waals surface area (Å²) in [6.45, 7) is -1.44. The second kappa shape index (κ2) is 11.4. The second-order valence-electron chi connectivity index (χ2n) is 5.85. The Labute approximate surface area is 190 Å². The first kappa shape index (κ1) is 13.5. The molecule has 2 aliphatic heterocycles. The molecular formula is C17H32Cl2N2O5S. The van der Waals surface area contributed by atoms with E-state index in [1.54, 1.807) is 5.32 Å². The van der Waals surface area contributed by atoms with E-state index >= 15 is 0 Å². The molecule has 27 heavy (non-hydrogen) atoms. The smallest absolute Gasteiger partial charge is 0.237 e. The maximum atomic E-state index is 13.4. The summed E-state index contributed by atoms with van der Waals surface area (Å²) in [5.41, 5.74) is -1.07. The van der Waals surface area contributed by atoms with Crippen molar-refractivity contribution in [2.75, 3.05) is 12.8 Å². The van der Waals surface area contributed by atoms with Gasteiger partial charge < -0.3 is 30.7 Å². The number of ether oxygens (including phenoxy) is 1. The molecule has 7 nitrogen and oxygen atoms in total. The van der Waals surface area contributed by atoms with Crippen molar-refractivity contribution in [1.29, 1.82) is 0 Å². The predicted molar refractivity (Wildman–Crippen MR) is 109 cm³/mol. The number of thioether (sulfide) groups is 1. The van der Waals surface area contributed by atoms with Gasteiger partial charge in [0, 0.05) is 12.3 Å². The summed E-state index contributed by atoms with van der Waals surface area (Å²) in [4.78, 5) is 13.4. The normalized spacial score (nSPS) is 56.2. The van der Waals surface area contributed by atoms with Crippen LogP contribution < -0.4 is 10.6 Å². The lowest BCUT2D eigenvalue weighted by Gasteiger charge is -2.44. The summed E-state index contributed by atoms with van der Waals surface area (Å²) in [5, 5.41) is 33.6. The number of rotatable bonds is 6. The van der Waals surface area contributed by atoms with Gasteiger partial charge in [0.15, 0.2) is 0 Å². The maximum Gasteiger partial charge on any atom is 0.237 e. The summed E-state index contributed by atoms with van der Waals surface area (Å²) in [6, 6.07) is -4.94. The highest BCUT2D eigenvalue weighted by molar-refractivity contribution is 7.99. The van der Waals surface area contributed by atoms with Crippen LogP contribution in [0, 0.1) is 5.89 Å². The summed E-state index contributed by atoms with van der Waals surface area (Å²) >= 11 is 7.16. The molecule has 1 amide bonds. The van der Waals surface area contributed by atoms with Crippen molar-refractivity contribution in [1.82, 2.24) is 10.6 Å². The lowest BCUT2D eigenvalue weighted by atomic mass is 9.89. The molecule has 0 aromatic heterocycles. The standard InChI is InChI=1S/C17H31ClN2O5S.ClH/c1-4-9-5-6-19-10(7-9)16(24)20-11(8(2)18)15-13(22)12(21)14(23)17(25-15)26-3;/h8-15,17,19,21-23H,4-7H2,1-3H3,(H,20,24);1H/t8-,9+,10-,11+,12?,13+,14?,15+,17+;/m0./s1/i4D2,5D2,6D2,7D2,9D,10D;. The van der Waals surface area contributed by atoms with Gasteiger partial charge in [0.2, 0.25) is 5.91 Å². The van der Waals surface area contributed by atoms with E-state index < -0.39 is 84.7 Å². The number of piperidine rings is 1. The summed E-state index contributed by atoms with van der Waals surface area (Å²) in [5.74, 6) is -5.27. The van der Waals surface area contributed by atoms with Crippen LogP contribution in [0.5, 0.6) is 0 Å². The number of carbonyl (C=O) groups excluding carboxylic acids is 1. The number of aliphatic hydroxyl groups is 3. The molecule has 0 aromatic carbocycles. The fraction of sp³-hybridized carbons (Fsp3) is 0.941. The Morgan fingerprint density at radius 1 is 1.48 bits per heavy atom. The Morgan fingerprint density at radius 2 is 2.15 bits per heavy atom. The zero-order valence-electron chi connectivity index (χ0n) is 24.9. The molecule has 2 fully saturated rings. The van der Waals surface area contributed by atoms with Crippen LogP contribution in [-0.4, -0.2) is 81.3 Å². The molecule has 2 rings (SSSR count). The van der Waals surface area contributed by atoms with Crippen LogP contribution >= 0.6 is 35.8 Å². The molecule has 0 spiro atoms. The second-order valence-corrected chi connectivity index (χ2v) is 7.48. The number of hydrogen-bond donors (Lipinski definition) is 5. The number of halogens is 2. The zero-order valence-corrected chi connectivity index (χ0v) is 17.3. The van der Waals surface area contributed by atoms with Gasteiger partial charge in [0.1, 0.15) is 29.9 Å². The summed E-state index contributed by atoms with van der Waals surface area (Å²) in [6.07, 6.45) is -15.3. The lowest BCUT2D eigenvalue weighted by Crippen LogP contribution is -2.65. The molecule has 2 saturated heterocycles. The van der Waals surface area contributed by atoms with Crippen LogP contribution in [-0.2, 0) is 9.53 Å². The average Bonchev–Trinajstić information content (AvgIpc) is 2.73. The van der Waals surface area contributed by atoms with E-state index in [9.17, 15) is 20.1 Å². The predicted octanol–water partition coefficient (Wildman–Crippen LogP) is 0.469. The van der Waals surface area contributed by atoms with Crippen LogP contribution in [0.1, 0.15) is 46.7 Å². The Bertz CT molecular complexity index is 858. The van der Waals surface area contributed by atoms with Gasteiger partial charge in [0.25, 0.3) is 0 Å². The van der Waals surface area contributed by atoms with Gasteiger partial charge in [-0.3, -0.25) is 4.79 Å². The molecule has 10 heteroatoms. The fourth-order valence-electron chi connectivity index (χ4n) is 2.63. The molecule has 2 heterocycles. The van der Waals surface area contributed by atoms with Gasteiger partial charge in [-0.2, -0.15) is 0 Å². The van der Waals surface area contributed by atoms with E-state index in [4.69, 9.17) is 30.0 Å². The first-order valence-corrected chi connectivity index (χ1v) is 9.65. The minimum absolute atomic E-state index is 0. The molecule has 2 unspecified atom stereocenters. The van der Waals surface area contributed by atoms with Gasteiger partial charge in [-0.15, -0.1) is 35.8 Å². The molecule has 2 aliphatic rings. The van der Waals surface area contributed by atoms with E-state index in [-0.39, 0.29) is 12.4 Å². The van der Waals surface area contributed by atoms with Crippen molar-refractivity contribution in [3.8, 4) is 0 Å². The Kier molecular flexibility index (Phi) is 5.70. The van der Waals surface area contributed by atoms with Crippen LogP contribution in [0.15, 0.2) is 0 Å². The lowest BCUT2D eigenvalue weighted by molar-refractivity contribution is -0.205. The number of aliphatic hydroxyl groups excluding tert-OH is 3. The first-order chi connectivity index (χ1) is 16.0. The van der Waals surface area contributed by atoms with Crippen molar-refractivity contribution in [2.45, 2.75) is 80.3 Å². The van der Waals surface area contributed by atoms with Gasteiger partial charge in [-0.05, 0) is 38.3 Å².